The molecule has 0 unspecified atom stereocenters. The zero-order chi connectivity index (χ0) is 13.6. The number of hydrogen-bond acceptors (Lipinski definition) is 3. The van der Waals surface area contributed by atoms with Gasteiger partial charge in [-0.05, 0) is 30.7 Å². The SMILES string of the molecule is Cc1ccc2nc(-c3cc(N)c(F)cc3F)oc2c1. The van der Waals surface area contributed by atoms with Crippen LogP contribution in [0.15, 0.2) is 34.7 Å². The van der Waals surface area contributed by atoms with Crippen molar-refractivity contribution < 1.29 is 13.2 Å². The Bertz CT molecular complexity index is 780. The Kier molecular flexibility index (Phi) is 2.48. The standard InChI is InChI=1S/C14H10F2N2O/c1-7-2-3-12-13(4-7)19-14(18-12)8-5-11(17)10(16)6-9(8)15/h2-6H,17H2,1H3. The number of oxazole rings is 1. The van der Waals surface area contributed by atoms with E-state index in [1.54, 1.807) is 12.1 Å². The molecule has 0 radical (unpaired) electrons. The second-order valence-corrected chi connectivity index (χ2v) is 4.34. The van der Waals surface area contributed by atoms with Gasteiger partial charge in [-0.3, -0.25) is 0 Å². The minimum absolute atomic E-state index is 0.0488. The highest BCUT2D eigenvalue weighted by Gasteiger charge is 2.15. The van der Waals surface area contributed by atoms with Crippen LogP contribution in [0.3, 0.4) is 0 Å². The summed E-state index contributed by atoms with van der Waals surface area (Å²) < 4.78 is 32.3. The molecule has 0 aliphatic carbocycles. The lowest BCUT2D eigenvalue weighted by molar-refractivity contribution is 0.574. The van der Waals surface area contributed by atoms with E-state index in [1.807, 2.05) is 13.0 Å². The predicted molar refractivity (Wildman–Crippen MR) is 68.5 cm³/mol. The van der Waals surface area contributed by atoms with E-state index in [9.17, 15) is 8.78 Å². The lowest BCUT2D eigenvalue weighted by Gasteiger charge is -2.01. The predicted octanol–water partition coefficient (Wildman–Crippen LogP) is 3.66. The molecule has 1 heterocycles. The van der Waals surface area contributed by atoms with Crippen LogP contribution in [0, 0.1) is 18.6 Å². The number of nitrogens with zero attached hydrogens (tertiary/aromatic N) is 1. The third-order valence-electron chi connectivity index (χ3n) is 2.86. The summed E-state index contributed by atoms with van der Waals surface area (Å²) in [6.07, 6.45) is 0. The number of aryl methyl sites for hydroxylation is 1. The summed E-state index contributed by atoms with van der Waals surface area (Å²) in [7, 11) is 0. The molecule has 0 amide bonds. The molecule has 3 aromatic rings. The third kappa shape index (κ3) is 1.93. The Hall–Kier alpha value is -2.43. The fourth-order valence-electron chi connectivity index (χ4n) is 1.88. The van der Waals surface area contributed by atoms with Crippen LogP contribution in [0.1, 0.15) is 5.56 Å². The van der Waals surface area contributed by atoms with Crippen molar-refractivity contribution >= 4 is 16.8 Å². The van der Waals surface area contributed by atoms with E-state index in [0.29, 0.717) is 11.1 Å². The van der Waals surface area contributed by atoms with E-state index >= 15 is 0 Å². The molecule has 0 fully saturated rings. The minimum atomic E-state index is -0.798. The summed E-state index contributed by atoms with van der Waals surface area (Å²) in [4.78, 5) is 4.17. The van der Waals surface area contributed by atoms with E-state index in [-0.39, 0.29) is 17.1 Å². The summed E-state index contributed by atoms with van der Waals surface area (Å²) in [6, 6.07) is 7.37. The molecule has 96 valence electrons. The van der Waals surface area contributed by atoms with Gasteiger partial charge in [0.1, 0.15) is 17.2 Å². The maximum atomic E-state index is 13.7. The van der Waals surface area contributed by atoms with Crippen molar-refractivity contribution in [2.75, 3.05) is 5.73 Å². The molecule has 0 atom stereocenters. The van der Waals surface area contributed by atoms with Crippen LogP contribution >= 0.6 is 0 Å². The normalized spacial score (nSPS) is 11.1. The Morgan fingerprint density at radius 3 is 2.68 bits per heavy atom. The monoisotopic (exact) mass is 260 g/mol. The van der Waals surface area contributed by atoms with E-state index in [2.05, 4.69) is 4.98 Å². The molecule has 0 saturated carbocycles. The van der Waals surface area contributed by atoms with Gasteiger partial charge in [0.2, 0.25) is 5.89 Å². The van der Waals surface area contributed by atoms with Crippen LogP contribution < -0.4 is 5.73 Å². The van der Waals surface area contributed by atoms with Crippen molar-refractivity contribution in [3.63, 3.8) is 0 Å². The molecular weight excluding hydrogens is 250 g/mol. The zero-order valence-electron chi connectivity index (χ0n) is 10.1. The molecular formula is C14H10F2N2O. The molecule has 3 nitrogen and oxygen atoms in total. The van der Waals surface area contributed by atoms with Crippen molar-refractivity contribution in [3.05, 3.63) is 47.5 Å². The van der Waals surface area contributed by atoms with Crippen molar-refractivity contribution in [1.82, 2.24) is 4.98 Å². The number of nitrogen functional groups attached to an aromatic ring is 1. The fraction of sp³-hybridized carbons (Fsp3) is 0.0714. The molecule has 5 heteroatoms. The van der Waals surface area contributed by atoms with E-state index in [4.69, 9.17) is 10.2 Å². The summed E-state index contributed by atoms with van der Waals surface area (Å²) in [5.41, 5.74) is 7.51. The van der Waals surface area contributed by atoms with Gasteiger partial charge in [-0.1, -0.05) is 6.07 Å². The number of halogens is 2. The Morgan fingerprint density at radius 1 is 1.11 bits per heavy atom. The first-order valence-electron chi connectivity index (χ1n) is 5.66. The number of anilines is 1. The fourth-order valence-corrected chi connectivity index (χ4v) is 1.88. The van der Waals surface area contributed by atoms with Crippen LogP contribution in [0.25, 0.3) is 22.6 Å². The highest BCUT2D eigenvalue weighted by molar-refractivity contribution is 5.77. The number of fused-ring (bicyclic) bond motifs is 1. The first-order chi connectivity index (χ1) is 9.04. The molecule has 3 rings (SSSR count). The third-order valence-corrected chi connectivity index (χ3v) is 2.86. The van der Waals surface area contributed by atoms with Crippen molar-refractivity contribution in [3.8, 4) is 11.5 Å². The Balaban J connectivity index is 2.21. The molecule has 2 aromatic carbocycles. The van der Waals surface area contributed by atoms with Gasteiger partial charge < -0.3 is 10.2 Å². The summed E-state index contributed by atoms with van der Waals surface area (Å²) >= 11 is 0. The highest BCUT2D eigenvalue weighted by Crippen LogP contribution is 2.29. The summed E-state index contributed by atoms with van der Waals surface area (Å²) in [5, 5.41) is 0. The average molecular weight is 260 g/mol. The molecule has 19 heavy (non-hydrogen) atoms. The van der Waals surface area contributed by atoms with Crippen LogP contribution in [-0.2, 0) is 0 Å². The number of benzene rings is 2. The van der Waals surface area contributed by atoms with E-state index in [0.717, 1.165) is 11.6 Å². The minimum Gasteiger partial charge on any atom is -0.436 e. The van der Waals surface area contributed by atoms with Crippen molar-refractivity contribution in [2.24, 2.45) is 0 Å². The number of rotatable bonds is 1. The molecule has 0 spiro atoms. The van der Waals surface area contributed by atoms with Gasteiger partial charge in [-0.15, -0.1) is 0 Å². The second kappa shape index (κ2) is 4.05. The smallest absolute Gasteiger partial charge is 0.230 e. The van der Waals surface area contributed by atoms with Gasteiger partial charge in [-0.25, -0.2) is 13.8 Å². The number of hydrogen-bond donors (Lipinski definition) is 1. The van der Waals surface area contributed by atoms with Gasteiger partial charge >= 0.3 is 0 Å². The van der Waals surface area contributed by atoms with E-state index in [1.165, 1.54) is 6.07 Å². The Morgan fingerprint density at radius 2 is 1.89 bits per heavy atom. The van der Waals surface area contributed by atoms with Gasteiger partial charge in [0.15, 0.2) is 5.58 Å². The van der Waals surface area contributed by atoms with Crippen LogP contribution in [-0.4, -0.2) is 4.98 Å². The maximum absolute atomic E-state index is 13.7. The van der Waals surface area contributed by atoms with E-state index < -0.39 is 11.6 Å². The zero-order valence-corrected chi connectivity index (χ0v) is 10.1. The summed E-state index contributed by atoms with van der Waals surface area (Å²) in [6.45, 7) is 1.91. The maximum Gasteiger partial charge on any atom is 0.230 e. The second-order valence-electron chi connectivity index (χ2n) is 4.34. The number of nitrogens with two attached hydrogens (primary N) is 1. The van der Waals surface area contributed by atoms with Crippen LogP contribution in [0.4, 0.5) is 14.5 Å². The lowest BCUT2D eigenvalue weighted by Crippen LogP contribution is -1.94. The number of aromatic nitrogens is 1. The molecule has 0 bridgehead atoms. The summed E-state index contributed by atoms with van der Waals surface area (Å²) in [5.74, 6) is -1.46. The largest absolute Gasteiger partial charge is 0.436 e. The van der Waals surface area contributed by atoms with Gasteiger partial charge in [0, 0.05) is 6.07 Å². The van der Waals surface area contributed by atoms with Crippen molar-refractivity contribution in [2.45, 2.75) is 6.92 Å². The van der Waals surface area contributed by atoms with Crippen LogP contribution in [0.2, 0.25) is 0 Å². The first kappa shape index (κ1) is 11.6. The first-order valence-corrected chi connectivity index (χ1v) is 5.66. The molecule has 2 N–H and O–H groups in total. The van der Waals surface area contributed by atoms with Crippen molar-refractivity contribution in [1.29, 1.82) is 0 Å². The topological polar surface area (TPSA) is 52.0 Å². The van der Waals surface area contributed by atoms with Gasteiger partial charge in [0.25, 0.3) is 0 Å². The highest BCUT2D eigenvalue weighted by atomic mass is 19.1. The average Bonchev–Trinajstić information content (AvgIpc) is 2.76. The molecule has 0 saturated heterocycles. The molecule has 0 aliphatic heterocycles. The van der Waals surface area contributed by atoms with Gasteiger partial charge in [0.05, 0.1) is 11.3 Å². The Labute approximate surface area is 107 Å². The quantitative estimate of drug-likeness (QED) is 0.679. The van der Waals surface area contributed by atoms with Gasteiger partial charge in [-0.2, -0.15) is 0 Å². The lowest BCUT2D eigenvalue weighted by atomic mass is 10.2. The van der Waals surface area contributed by atoms with Crippen LogP contribution in [0.5, 0.6) is 0 Å². The molecule has 0 aliphatic rings. The molecule has 1 aromatic heterocycles.